The van der Waals surface area contributed by atoms with Crippen LogP contribution in [0.15, 0.2) is 34.7 Å². The van der Waals surface area contributed by atoms with Crippen molar-refractivity contribution in [3.8, 4) is 0 Å². The zero-order valence-corrected chi connectivity index (χ0v) is 11.7. The normalized spacial score (nSPS) is 12.5. The highest BCUT2D eigenvalue weighted by Crippen LogP contribution is 2.23. The molecule has 102 valence electrons. The third-order valence-corrected chi connectivity index (χ3v) is 3.30. The van der Waals surface area contributed by atoms with Gasteiger partial charge in [0.15, 0.2) is 0 Å². The SMILES string of the molecule is CC(NC(=O)CCCCCl)c1cc2ccccc2o1. The molecule has 0 radical (unpaired) electrons. The fourth-order valence-corrected chi connectivity index (χ4v) is 2.17. The van der Waals surface area contributed by atoms with Crippen molar-refractivity contribution in [3.05, 3.63) is 36.1 Å². The summed E-state index contributed by atoms with van der Waals surface area (Å²) in [6.07, 6.45) is 2.20. The van der Waals surface area contributed by atoms with E-state index in [1.54, 1.807) is 0 Å². The van der Waals surface area contributed by atoms with Gasteiger partial charge < -0.3 is 9.73 Å². The predicted octanol–water partition coefficient (Wildman–Crippen LogP) is 4.02. The van der Waals surface area contributed by atoms with Crippen LogP contribution in [0.1, 0.15) is 38.0 Å². The number of carbonyl (C=O) groups excluding carboxylic acids is 1. The van der Waals surface area contributed by atoms with E-state index < -0.39 is 0 Å². The van der Waals surface area contributed by atoms with Gasteiger partial charge >= 0.3 is 0 Å². The topological polar surface area (TPSA) is 42.2 Å². The summed E-state index contributed by atoms with van der Waals surface area (Å²) >= 11 is 5.59. The molecule has 1 unspecified atom stereocenters. The summed E-state index contributed by atoms with van der Waals surface area (Å²) < 4.78 is 5.72. The van der Waals surface area contributed by atoms with Gasteiger partial charge in [-0.3, -0.25) is 4.79 Å². The van der Waals surface area contributed by atoms with Gasteiger partial charge in [0.25, 0.3) is 0 Å². The second-order valence-corrected chi connectivity index (χ2v) is 5.00. The number of unbranched alkanes of at least 4 members (excludes halogenated alkanes) is 1. The van der Waals surface area contributed by atoms with Crippen LogP contribution in [0.2, 0.25) is 0 Å². The number of para-hydroxylation sites is 1. The minimum absolute atomic E-state index is 0.0399. The molecule has 0 aliphatic rings. The van der Waals surface area contributed by atoms with Crippen molar-refractivity contribution >= 4 is 28.5 Å². The molecule has 0 aliphatic heterocycles. The van der Waals surface area contributed by atoms with Crippen molar-refractivity contribution < 1.29 is 9.21 Å². The zero-order chi connectivity index (χ0) is 13.7. The van der Waals surface area contributed by atoms with E-state index in [2.05, 4.69) is 5.32 Å². The first kappa shape index (κ1) is 13.9. The Kier molecular flexibility index (Phi) is 4.86. The van der Waals surface area contributed by atoms with Crippen molar-refractivity contribution in [1.29, 1.82) is 0 Å². The number of hydrogen-bond acceptors (Lipinski definition) is 2. The van der Waals surface area contributed by atoms with E-state index in [1.165, 1.54) is 0 Å². The van der Waals surface area contributed by atoms with Crippen LogP contribution in [0.25, 0.3) is 11.0 Å². The lowest BCUT2D eigenvalue weighted by Gasteiger charge is -2.10. The van der Waals surface area contributed by atoms with Crippen LogP contribution < -0.4 is 5.32 Å². The smallest absolute Gasteiger partial charge is 0.220 e. The number of rotatable bonds is 6. The third-order valence-electron chi connectivity index (χ3n) is 3.04. The third kappa shape index (κ3) is 3.74. The minimum atomic E-state index is -0.115. The van der Waals surface area contributed by atoms with E-state index in [1.807, 2.05) is 37.3 Å². The maximum absolute atomic E-state index is 11.7. The first-order valence-corrected chi connectivity index (χ1v) is 7.08. The summed E-state index contributed by atoms with van der Waals surface area (Å²) in [5.74, 6) is 1.43. The molecule has 1 aromatic heterocycles. The molecule has 2 aromatic rings. The van der Waals surface area contributed by atoms with Crippen LogP contribution in [0, 0.1) is 0 Å². The maximum atomic E-state index is 11.7. The number of furan rings is 1. The summed E-state index contributed by atoms with van der Waals surface area (Å²) in [6.45, 7) is 1.93. The molecule has 0 fully saturated rings. The Balaban J connectivity index is 1.95. The number of fused-ring (bicyclic) bond motifs is 1. The number of nitrogens with one attached hydrogen (secondary N) is 1. The highest BCUT2D eigenvalue weighted by Gasteiger charge is 2.13. The molecule has 1 heterocycles. The van der Waals surface area contributed by atoms with Gasteiger partial charge in [-0.05, 0) is 31.9 Å². The lowest BCUT2D eigenvalue weighted by Crippen LogP contribution is -2.26. The molecule has 1 aromatic carbocycles. The van der Waals surface area contributed by atoms with Crippen LogP contribution >= 0.6 is 11.6 Å². The Bertz CT molecular complexity index is 517. The molecule has 1 amide bonds. The molecular formula is C15H18ClNO2. The summed E-state index contributed by atoms with van der Waals surface area (Å²) in [6, 6.07) is 9.68. The molecule has 4 heteroatoms. The van der Waals surface area contributed by atoms with Crippen molar-refractivity contribution in [2.75, 3.05) is 5.88 Å². The number of halogens is 1. The quantitative estimate of drug-likeness (QED) is 0.641. The average molecular weight is 280 g/mol. The van der Waals surface area contributed by atoms with Crippen molar-refractivity contribution in [1.82, 2.24) is 5.32 Å². The first-order chi connectivity index (χ1) is 9.20. The lowest BCUT2D eigenvalue weighted by atomic mass is 10.2. The van der Waals surface area contributed by atoms with E-state index in [-0.39, 0.29) is 11.9 Å². The molecule has 0 aliphatic carbocycles. The van der Waals surface area contributed by atoms with Gasteiger partial charge in [0.2, 0.25) is 5.91 Å². The van der Waals surface area contributed by atoms with Crippen LogP contribution in [0.5, 0.6) is 0 Å². The molecule has 0 bridgehead atoms. The molecule has 19 heavy (non-hydrogen) atoms. The van der Waals surface area contributed by atoms with E-state index in [4.69, 9.17) is 16.0 Å². The van der Waals surface area contributed by atoms with Crippen LogP contribution in [-0.2, 0) is 4.79 Å². The Morgan fingerprint density at radius 2 is 2.16 bits per heavy atom. The van der Waals surface area contributed by atoms with Gasteiger partial charge in [-0.2, -0.15) is 0 Å². The Labute approximate surface area is 117 Å². The molecule has 2 rings (SSSR count). The predicted molar refractivity (Wildman–Crippen MR) is 77.3 cm³/mol. The summed E-state index contributed by atoms with van der Waals surface area (Å²) in [5.41, 5.74) is 0.848. The monoisotopic (exact) mass is 279 g/mol. The zero-order valence-electron chi connectivity index (χ0n) is 11.0. The van der Waals surface area contributed by atoms with Crippen molar-refractivity contribution in [3.63, 3.8) is 0 Å². The standard InChI is InChI=1S/C15H18ClNO2/c1-11(17-15(18)8-4-5-9-16)14-10-12-6-2-3-7-13(12)19-14/h2-3,6-7,10-11H,4-5,8-9H2,1H3,(H,17,18). The molecule has 3 nitrogen and oxygen atoms in total. The molecular weight excluding hydrogens is 262 g/mol. The van der Waals surface area contributed by atoms with Gasteiger partial charge in [0.05, 0.1) is 6.04 Å². The highest BCUT2D eigenvalue weighted by molar-refractivity contribution is 6.17. The largest absolute Gasteiger partial charge is 0.459 e. The molecule has 1 atom stereocenters. The number of hydrogen-bond donors (Lipinski definition) is 1. The number of carbonyl (C=O) groups is 1. The second-order valence-electron chi connectivity index (χ2n) is 4.62. The maximum Gasteiger partial charge on any atom is 0.220 e. The summed E-state index contributed by atoms with van der Waals surface area (Å²) in [7, 11) is 0. The molecule has 0 saturated heterocycles. The van der Waals surface area contributed by atoms with Gasteiger partial charge in [-0.1, -0.05) is 18.2 Å². The van der Waals surface area contributed by atoms with Gasteiger partial charge in [0, 0.05) is 17.7 Å². The molecule has 1 N–H and O–H groups in total. The minimum Gasteiger partial charge on any atom is -0.459 e. The van der Waals surface area contributed by atoms with Crippen LogP contribution in [-0.4, -0.2) is 11.8 Å². The first-order valence-electron chi connectivity index (χ1n) is 6.54. The Morgan fingerprint density at radius 3 is 2.89 bits per heavy atom. The van der Waals surface area contributed by atoms with E-state index in [0.29, 0.717) is 12.3 Å². The summed E-state index contributed by atoms with van der Waals surface area (Å²) in [5, 5.41) is 4.00. The number of alkyl halides is 1. The van der Waals surface area contributed by atoms with E-state index in [0.717, 1.165) is 29.6 Å². The van der Waals surface area contributed by atoms with Crippen molar-refractivity contribution in [2.24, 2.45) is 0 Å². The Hall–Kier alpha value is -1.48. The van der Waals surface area contributed by atoms with Crippen molar-refractivity contribution in [2.45, 2.75) is 32.2 Å². The molecule has 0 spiro atoms. The summed E-state index contributed by atoms with van der Waals surface area (Å²) in [4.78, 5) is 11.7. The van der Waals surface area contributed by atoms with Crippen LogP contribution in [0.3, 0.4) is 0 Å². The number of amides is 1. The van der Waals surface area contributed by atoms with Gasteiger partial charge in [-0.25, -0.2) is 0 Å². The number of benzene rings is 1. The van der Waals surface area contributed by atoms with E-state index >= 15 is 0 Å². The van der Waals surface area contributed by atoms with E-state index in [9.17, 15) is 4.79 Å². The lowest BCUT2D eigenvalue weighted by molar-refractivity contribution is -0.121. The fourth-order valence-electron chi connectivity index (χ4n) is 1.98. The van der Waals surface area contributed by atoms with Gasteiger partial charge in [-0.15, -0.1) is 11.6 Å². The van der Waals surface area contributed by atoms with Gasteiger partial charge in [0.1, 0.15) is 11.3 Å². The second kappa shape index (κ2) is 6.62. The highest BCUT2D eigenvalue weighted by atomic mass is 35.5. The fraction of sp³-hybridized carbons (Fsp3) is 0.400. The van der Waals surface area contributed by atoms with Crippen LogP contribution in [0.4, 0.5) is 0 Å². The Morgan fingerprint density at radius 1 is 1.37 bits per heavy atom. The average Bonchev–Trinajstić information content (AvgIpc) is 2.83. The molecule has 0 saturated carbocycles.